The number of nitrogens with zero attached hydrogens (tertiary/aromatic N) is 3. The second-order valence-electron chi connectivity index (χ2n) is 7.34. The predicted molar refractivity (Wildman–Crippen MR) is 102 cm³/mol. The van der Waals surface area contributed by atoms with Crippen LogP contribution in [0.25, 0.3) is 11.0 Å². The second kappa shape index (κ2) is 7.01. The Morgan fingerprint density at radius 1 is 1.14 bits per heavy atom. The standard InChI is InChI=1S/C19H19F3N4O2S/c1-26(18-16-6-7-23-17(16)24-11-25-18)14-8-12(9-14)10-29(27,28)15-4-2-13(3-5-15)19(20,21)22/h2-7,11-12,14H,8-10H2,1H3,(H,23,24,25). The van der Waals surface area contributed by atoms with Crippen molar-refractivity contribution in [2.75, 3.05) is 17.7 Å². The van der Waals surface area contributed by atoms with Gasteiger partial charge in [-0.3, -0.25) is 0 Å². The molecule has 2 heterocycles. The fourth-order valence-electron chi connectivity index (χ4n) is 3.72. The summed E-state index contributed by atoms with van der Waals surface area (Å²) < 4.78 is 63.1. The van der Waals surface area contributed by atoms with Gasteiger partial charge in [-0.05, 0) is 49.1 Å². The van der Waals surface area contributed by atoms with Crippen molar-refractivity contribution in [1.29, 1.82) is 0 Å². The van der Waals surface area contributed by atoms with Crippen molar-refractivity contribution in [3.8, 4) is 0 Å². The van der Waals surface area contributed by atoms with E-state index in [9.17, 15) is 21.6 Å². The fourth-order valence-corrected chi connectivity index (χ4v) is 5.36. The third kappa shape index (κ3) is 3.81. The predicted octanol–water partition coefficient (Wildman–Crippen LogP) is 3.67. The van der Waals surface area contributed by atoms with E-state index in [0.29, 0.717) is 12.8 Å². The molecule has 10 heteroatoms. The van der Waals surface area contributed by atoms with Crippen molar-refractivity contribution in [2.45, 2.75) is 30.0 Å². The van der Waals surface area contributed by atoms with Gasteiger partial charge in [0.2, 0.25) is 0 Å². The Bertz CT molecular complexity index is 1120. The molecule has 2 aromatic heterocycles. The van der Waals surface area contributed by atoms with Gasteiger partial charge >= 0.3 is 6.18 Å². The molecule has 0 amide bonds. The first-order valence-corrected chi connectivity index (χ1v) is 10.7. The molecule has 154 valence electrons. The molecule has 1 N–H and O–H groups in total. The van der Waals surface area contributed by atoms with Crippen LogP contribution >= 0.6 is 0 Å². The van der Waals surface area contributed by atoms with Crippen LogP contribution in [0.3, 0.4) is 0 Å². The molecule has 3 aromatic rings. The molecule has 29 heavy (non-hydrogen) atoms. The molecular formula is C19H19F3N4O2S. The monoisotopic (exact) mass is 424 g/mol. The highest BCUT2D eigenvalue weighted by molar-refractivity contribution is 7.91. The van der Waals surface area contributed by atoms with Crippen LogP contribution in [-0.4, -0.2) is 42.2 Å². The number of benzene rings is 1. The number of fused-ring (bicyclic) bond motifs is 1. The van der Waals surface area contributed by atoms with E-state index in [2.05, 4.69) is 15.0 Å². The number of aromatic amines is 1. The number of aromatic nitrogens is 3. The number of hydrogen-bond donors (Lipinski definition) is 1. The summed E-state index contributed by atoms with van der Waals surface area (Å²) in [5.41, 5.74) is -0.120. The van der Waals surface area contributed by atoms with E-state index < -0.39 is 21.6 Å². The number of hydrogen-bond acceptors (Lipinski definition) is 5. The molecule has 4 rings (SSSR count). The van der Waals surface area contributed by atoms with Gasteiger partial charge in [0.25, 0.3) is 0 Å². The molecular weight excluding hydrogens is 405 g/mol. The van der Waals surface area contributed by atoms with Gasteiger partial charge in [-0.1, -0.05) is 0 Å². The number of alkyl halides is 3. The number of sulfone groups is 1. The highest BCUT2D eigenvalue weighted by Crippen LogP contribution is 2.37. The first-order valence-electron chi connectivity index (χ1n) is 9.06. The van der Waals surface area contributed by atoms with Gasteiger partial charge in [-0.25, -0.2) is 18.4 Å². The molecule has 6 nitrogen and oxygen atoms in total. The Balaban J connectivity index is 1.40. The number of halogens is 3. The van der Waals surface area contributed by atoms with E-state index in [1.54, 1.807) is 6.20 Å². The van der Waals surface area contributed by atoms with E-state index in [0.717, 1.165) is 41.1 Å². The van der Waals surface area contributed by atoms with Gasteiger partial charge in [-0.2, -0.15) is 13.2 Å². The summed E-state index contributed by atoms with van der Waals surface area (Å²) >= 11 is 0. The zero-order chi connectivity index (χ0) is 20.8. The Kier molecular flexibility index (Phi) is 4.76. The number of nitrogens with one attached hydrogen (secondary N) is 1. The first-order chi connectivity index (χ1) is 13.6. The summed E-state index contributed by atoms with van der Waals surface area (Å²) in [5, 5.41) is 0.899. The van der Waals surface area contributed by atoms with Gasteiger partial charge in [0.15, 0.2) is 9.84 Å². The summed E-state index contributed by atoms with van der Waals surface area (Å²) in [6, 6.07) is 5.72. The second-order valence-corrected chi connectivity index (χ2v) is 9.38. The molecule has 1 aliphatic carbocycles. The Morgan fingerprint density at radius 3 is 2.48 bits per heavy atom. The largest absolute Gasteiger partial charge is 0.416 e. The molecule has 0 spiro atoms. The van der Waals surface area contributed by atoms with Crippen molar-refractivity contribution >= 4 is 26.7 Å². The third-order valence-corrected chi connectivity index (χ3v) is 7.32. The summed E-state index contributed by atoms with van der Waals surface area (Å²) in [5.74, 6) is 0.662. The third-order valence-electron chi connectivity index (χ3n) is 5.42. The molecule has 0 unspecified atom stereocenters. The summed E-state index contributed by atoms with van der Waals surface area (Å²) in [6.45, 7) is 0. The topological polar surface area (TPSA) is 79.0 Å². The van der Waals surface area contributed by atoms with Gasteiger partial charge in [0.05, 0.1) is 21.6 Å². The van der Waals surface area contributed by atoms with Crippen molar-refractivity contribution in [3.63, 3.8) is 0 Å². The highest BCUT2D eigenvalue weighted by Gasteiger charge is 2.37. The average Bonchev–Trinajstić information content (AvgIpc) is 3.12. The molecule has 1 aromatic carbocycles. The minimum Gasteiger partial charge on any atom is -0.356 e. The van der Waals surface area contributed by atoms with Gasteiger partial charge in [-0.15, -0.1) is 0 Å². The number of anilines is 1. The van der Waals surface area contributed by atoms with Crippen LogP contribution in [0.5, 0.6) is 0 Å². The maximum absolute atomic E-state index is 12.7. The van der Waals surface area contributed by atoms with Gasteiger partial charge in [0, 0.05) is 19.3 Å². The maximum atomic E-state index is 12.7. The first kappa shape index (κ1) is 19.7. The lowest BCUT2D eigenvalue weighted by Gasteiger charge is -2.41. The molecule has 0 atom stereocenters. The zero-order valence-electron chi connectivity index (χ0n) is 15.5. The molecule has 0 saturated heterocycles. The summed E-state index contributed by atoms with van der Waals surface area (Å²) in [6.07, 6.45) is 0.130. The van der Waals surface area contributed by atoms with Crippen molar-refractivity contribution in [2.24, 2.45) is 5.92 Å². The lowest BCUT2D eigenvalue weighted by molar-refractivity contribution is -0.137. The van der Waals surface area contributed by atoms with Crippen LogP contribution in [0.4, 0.5) is 19.0 Å². The van der Waals surface area contributed by atoms with Crippen LogP contribution in [0.2, 0.25) is 0 Å². The SMILES string of the molecule is CN(c1ncnc2[nH]ccc12)C1CC(CS(=O)(=O)c2ccc(C(F)(F)F)cc2)C1. The summed E-state index contributed by atoms with van der Waals surface area (Å²) in [4.78, 5) is 13.5. The van der Waals surface area contributed by atoms with Crippen molar-refractivity contribution in [3.05, 3.63) is 48.4 Å². The quantitative estimate of drug-likeness (QED) is 0.676. The van der Waals surface area contributed by atoms with Crippen molar-refractivity contribution in [1.82, 2.24) is 15.0 Å². The van der Waals surface area contributed by atoms with Crippen LogP contribution in [-0.2, 0) is 16.0 Å². The minimum atomic E-state index is -4.49. The Hall–Kier alpha value is -2.62. The maximum Gasteiger partial charge on any atom is 0.416 e. The molecule has 0 bridgehead atoms. The number of H-pyrrole nitrogens is 1. The van der Waals surface area contributed by atoms with E-state index in [-0.39, 0.29) is 22.6 Å². The zero-order valence-corrected chi connectivity index (χ0v) is 16.3. The molecule has 0 aliphatic heterocycles. The van der Waals surface area contributed by atoms with Crippen molar-refractivity contribution < 1.29 is 21.6 Å². The lowest BCUT2D eigenvalue weighted by Crippen LogP contribution is -2.45. The minimum absolute atomic E-state index is 0.0432. The van der Waals surface area contributed by atoms with E-state index >= 15 is 0 Å². The smallest absolute Gasteiger partial charge is 0.356 e. The van der Waals surface area contributed by atoms with Gasteiger partial charge < -0.3 is 9.88 Å². The van der Waals surface area contributed by atoms with Crippen LogP contribution in [0.15, 0.2) is 47.8 Å². The van der Waals surface area contributed by atoms with Crippen LogP contribution in [0.1, 0.15) is 18.4 Å². The Morgan fingerprint density at radius 2 is 1.83 bits per heavy atom. The lowest BCUT2D eigenvalue weighted by atomic mass is 9.81. The van der Waals surface area contributed by atoms with E-state index in [1.165, 1.54) is 6.33 Å². The normalized spacial score (nSPS) is 19.9. The number of rotatable bonds is 5. The van der Waals surface area contributed by atoms with E-state index in [1.807, 2.05) is 18.0 Å². The summed E-state index contributed by atoms with van der Waals surface area (Å²) in [7, 11) is -1.72. The van der Waals surface area contributed by atoms with Crippen LogP contribution < -0.4 is 4.90 Å². The molecule has 1 aliphatic rings. The average molecular weight is 424 g/mol. The van der Waals surface area contributed by atoms with E-state index in [4.69, 9.17) is 0 Å². The fraction of sp³-hybridized carbons (Fsp3) is 0.368. The molecule has 0 radical (unpaired) electrons. The van der Waals surface area contributed by atoms with Gasteiger partial charge in [0.1, 0.15) is 17.8 Å². The molecule has 1 saturated carbocycles. The molecule has 1 fully saturated rings. The van der Waals surface area contributed by atoms with Crippen LogP contribution in [0, 0.1) is 5.92 Å². The highest BCUT2D eigenvalue weighted by atomic mass is 32.2. The Labute approximate surface area is 165 Å².